The van der Waals surface area contributed by atoms with Crippen LogP contribution in [0.4, 0.5) is 0 Å². The van der Waals surface area contributed by atoms with Crippen molar-refractivity contribution in [3.8, 4) is 0 Å². The van der Waals surface area contributed by atoms with Crippen molar-refractivity contribution in [1.82, 2.24) is 4.90 Å². The topological polar surface area (TPSA) is 58.7 Å². The Morgan fingerprint density at radius 3 is 2.68 bits per heavy atom. The average molecular weight is 333 g/mol. The molecule has 1 aliphatic carbocycles. The number of nitrogens with zero attached hydrogens (tertiary/aromatic N) is 2. The zero-order valence-electron chi connectivity index (χ0n) is 14.3. The molecule has 1 saturated heterocycles. The maximum absolute atomic E-state index is 12.4. The van der Waals surface area contributed by atoms with Crippen molar-refractivity contribution in [3.63, 3.8) is 0 Å². The van der Waals surface area contributed by atoms with Crippen molar-refractivity contribution in [2.24, 2.45) is 16.6 Å². The van der Waals surface area contributed by atoms with Crippen LogP contribution in [0, 0.1) is 5.92 Å². The van der Waals surface area contributed by atoms with Crippen LogP contribution < -0.4 is 5.73 Å². The highest BCUT2D eigenvalue weighted by Crippen LogP contribution is 2.32. The number of rotatable bonds is 4. The van der Waals surface area contributed by atoms with Gasteiger partial charge in [-0.05, 0) is 55.0 Å². The van der Waals surface area contributed by atoms with Gasteiger partial charge in [0.25, 0.3) is 0 Å². The van der Waals surface area contributed by atoms with E-state index in [2.05, 4.69) is 40.2 Å². The summed E-state index contributed by atoms with van der Waals surface area (Å²) in [4.78, 5) is 18.9. The highest BCUT2D eigenvalue weighted by atomic mass is 16.1. The summed E-state index contributed by atoms with van der Waals surface area (Å²) in [5.41, 5.74) is 8.31. The summed E-state index contributed by atoms with van der Waals surface area (Å²) in [6.07, 6.45) is 12.8. The summed E-state index contributed by atoms with van der Waals surface area (Å²) in [6, 6.07) is 10.6. The van der Waals surface area contributed by atoms with Gasteiger partial charge in [-0.2, -0.15) is 0 Å². The number of hydrogen-bond acceptors (Lipinski definition) is 3. The van der Waals surface area contributed by atoms with Crippen LogP contribution in [0.3, 0.4) is 0 Å². The molecule has 0 saturated carbocycles. The van der Waals surface area contributed by atoms with E-state index >= 15 is 0 Å². The molecule has 128 valence electrons. The molecule has 1 aromatic rings. The lowest BCUT2D eigenvalue weighted by molar-refractivity contribution is -0.125. The molecule has 4 heteroatoms. The number of piperidine rings is 1. The standard InChI is InChI=1S/C21H23N3O/c22-20(25)21(10-6-19-18(15-21)7-11-23-19)24-12-8-17(9-13-24)14-16-4-2-1-3-5-16/h1-7,10-11,15,17H,8-9,12-14H2,(H2,22,25). The molecule has 0 bridgehead atoms. The fourth-order valence-electron chi connectivity index (χ4n) is 4.07. The summed E-state index contributed by atoms with van der Waals surface area (Å²) in [5.74, 6) is 0.351. The van der Waals surface area contributed by atoms with E-state index in [0.717, 1.165) is 43.6 Å². The van der Waals surface area contributed by atoms with Crippen molar-refractivity contribution >= 4 is 11.6 Å². The SMILES string of the molecule is NC(=O)C1(N2CCC(Cc3ccccc3)CC2)C=CC2=NC=CC2=C1. The van der Waals surface area contributed by atoms with Crippen molar-refractivity contribution in [1.29, 1.82) is 0 Å². The van der Waals surface area contributed by atoms with Crippen molar-refractivity contribution in [2.75, 3.05) is 13.1 Å². The van der Waals surface area contributed by atoms with E-state index in [1.165, 1.54) is 5.56 Å². The van der Waals surface area contributed by atoms with Crippen LogP contribution in [0.25, 0.3) is 0 Å². The summed E-state index contributed by atoms with van der Waals surface area (Å²) < 4.78 is 0. The Bertz CT molecular complexity index is 783. The Labute approximate surface area is 148 Å². The van der Waals surface area contributed by atoms with E-state index in [1.54, 1.807) is 6.20 Å². The molecule has 0 radical (unpaired) electrons. The molecule has 4 nitrogen and oxygen atoms in total. The lowest BCUT2D eigenvalue weighted by Crippen LogP contribution is -2.58. The number of carbonyl (C=O) groups excluding carboxylic acids is 1. The lowest BCUT2D eigenvalue weighted by Gasteiger charge is -2.43. The van der Waals surface area contributed by atoms with Gasteiger partial charge in [-0.15, -0.1) is 0 Å². The number of amides is 1. The van der Waals surface area contributed by atoms with Crippen LogP contribution in [-0.2, 0) is 11.2 Å². The second-order valence-electron chi connectivity index (χ2n) is 7.07. The zero-order chi connectivity index (χ0) is 17.3. The molecule has 0 aromatic heterocycles. The molecule has 25 heavy (non-hydrogen) atoms. The molecule has 1 atom stereocenters. The van der Waals surface area contributed by atoms with Gasteiger partial charge in [-0.25, -0.2) is 0 Å². The summed E-state index contributed by atoms with van der Waals surface area (Å²) >= 11 is 0. The van der Waals surface area contributed by atoms with Gasteiger partial charge < -0.3 is 5.73 Å². The van der Waals surface area contributed by atoms with E-state index in [0.29, 0.717) is 5.92 Å². The Hall–Kier alpha value is -2.46. The van der Waals surface area contributed by atoms with Gasteiger partial charge in [0.2, 0.25) is 5.91 Å². The molecule has 1 fully saturated rings. The number of primary amides is 1. The first-order valence-electron chi connectivity index (χ1n) is 8.93. The van der Waals surface area contributed by atoms with Gasteiger partial charge in [0.15, 0.2) is 0 Å². The first-order valence-corrected chi connectivity index (χ1v) is 8.93. The van der Waals surface area contributed by atoms with Gasteiger partial charge in [0.05, 0.1) is 5.71 Å². The van der Waals surface area contributed by atoms with Crippen molar-refractivity contribution in [2.45, 2.75) is 24.8 Å². The van der Waals surface area contributed by atoms with E-state index in [-0.39, 0.29) is 5.91 Å². The van der Waals surface area contributed by atoms with E-state index in [4.69, 9.17) is 5.73 Å². The highest BCUT2D eigenvalue weighted by molar-refractivity contribution is 6.15. The molecule has 3 aliphatic rings. The van der Waals surface area contributed by atoms with Gasteiger partial charge in [-0.3, -0.25) is 14.7 Å². The van der Waals surface area contributed by atoms with Crippen LogP contribution in [0.5, 0.6) is 0 Å². The van der Waals surface area contributed by atoms with E-state index < -0.39 is 5.54 Å². The molecule has 2 heterocycles. The number of benzene rings is 1. The second-order valence-corrected chi connectivity index (χ2v) is 7.07. The van der Waals surface area contributed by atoms with Gasteiger partial charge in [0, 0.05) is 24.9 Å². The largest absolute Gasteiger partial charge is 0.367 e. The monoisotopic (exact) mass is 333 g/mol. The molecular formula is C21H23N3O. The number of aliphatic imine (C=N–C) groups is 1. The number of allylic oxidation sites excluding steroid dienone is 3. The predicted molar refractivity (Wildman–Crippen MR) is 100 cm³/mol. The molecule has 0 spiro atoms. The third-order valence-electron chi connectivity index (χ3n) is 5.53. The molecule has 2 aliphatic heterocycles. The first kappa shape index (κ1) is 16.0. The minimum Gasteiger partial charge on any atom is -0.367 e. The predicted octanol–water partition coefficient (Wildman–Crippen LogP) is 2.63. The third-order valence-corrected chi connectivity index (χ3v) is 5.53. The molecule has 1 amide bonds. The van der Waals surface area contributed by atoms with E-state index in [9.17, 15) is 4.79 Å². The Morgan fingerprint density at radius 2 is 1.96 bits per heavy atom. The third kappa shape index (κ3) is 2.98. The minimum absolute atomic E-state index is 0.308. The molecular weight excluding hydrogens is 310 g/mol. The lowest BCUT2D eigenvalue weighted by atomic mass is 9.83. The van der Waals surface area contributed by atoms with Crippen molar-refractivity contribution in [3.05, 3.63) is 72.0 Å². The highest BCUT2D eigenvalue weighted by Gasteiger charge is 2.42. The molecule has 1 unspecified atom stereocenters. The molecule has 1 aromatic carbocycles. The van der Waals surface area contributed by atoms with Crippen LogP contribution >= 0.6 is 0 Å². The Morgan fingerprint density at radius 1 is 1.20 bits per heavy atom. The number of hydrogen-bond donors (Lipinski definition) is 1. The van der Waals surface area contributed by atoms with Crippen LogP contribution in [0.1, 0.15) is 18.4 Å². The number of fused-ring (bicyclic) bond motifs is 1. The fraction of sp³-hybridized carbons (Fsp3) is 0.333. The van der Waals surface area contributed by atoms with Crippen LogP contribution in [0.2, 0.25) is 0 Å². The number of carbonyl (C=O) groups is 1. The molecule has 4 rings (SSSR count). The molecule has 2 N–H and O–H groups in total. The average Bonchev–Trinajstić information content (AvgIpc) is 3.10. The second kappa shape index (κ2) is 6.45. The van der Waals surface area contributed by atoms with Crippen LogP contribution in [-0.4, -0.2) is 35.1 Å². The minimum atomic E-state index is -0.819. The smallest absolute Gasteiger partial charge is 0.246 e. The first-order chi connectivity index (χ1) is 12.2. The summed E-state index contributed by atoms with van der Waals surface area (Å²) in [7, 11) is 0. The van der Waals surface area contributed by atoms with Gasteiger partial charge >= 0.3 is 0 Å². The summed E-state index contributed by atoms with van der Waals surface area (Å²) in [6.45, 7) is 1.76. The van der Waals surface area contributed by atoms with Gasteiger partial charge in [0.1, 0.15) is 5.54 Å². The number of nitrogens with two attached hydrogens (primary N) is 1. The number of likely N-dealkylation sites (tertiary alicyclic amines) is 1. The Balaban J connectivity index is 1.48. The van der Waals surface area contributed by atoms with Gasteiger partial charge in [-0.1, -0.05) is 30.3 Å². The zero-order valence-corrected chi connectivity index (χ0v) is 14.3. The van der Waals surface area contributed by atoms with Crippen molar-refractivity contribution < 1.29 is 4.79 Å². The normalized spacial score (nSPS) is 26.2. The summed E-state index contributed by atoms with van der Waals surface area (Å²) in [5, 5.41) is 0. The Kier molecular flexibility index (Phi) is 4.14. The van der Waals surface area contributed by atoms with Crippen LogP contribution in [0.15, 0.2) is 71.4 Å². The maximum Gasteiger partial charge on any atom is 0.246 e. The fourth-order valence-corrected chi connectivity index (χ4v) is 4.07. The maximum atomic E-state index is 12.4. The van der Waals surface area contributed by atoms with E-state index in [1.807, 2.05) is 24.3 Å². The quantitative estimate of drug-likeness (QED) is 0.921.